The van der Waals surface area contributed by atoms with E-state index in [1.807, 2.05) is 24.3 Å². The number of aliphatic hydroxyl groups is 1. The monoisotopic (exact) mass is 349 g/mol. The molecule has 0 radical (unpaired) electrons. The van der Waals surface area contributed by atoms with Crippen LogP contribution < -0.4 is 10.1 Å². The Labute approximate surface area is 148 Å². The number of methoxy groups -OCH3 is 2. The summed E-state index contributed by atoms with van der Waals surface area (Å²) in [6, 6.07) is 7.62. The molecule has 0 spiro atoms. The summed E-state index contributed by atoms with van der Waals surface area (Å²) in [6.07, 6.45) is 3.17. The second kappa shape index (κ2) is 8.85. The standard InChI is InChI=1S/C19H27NO5/c1-24-16-6-3-14(4-7-16)5-8-17(21)20-13-19(23)11-9-15(10-12-19)18(22)25-2/h3-4,6-7,15,23H,5,8-13H2,1-2H3,(H,20,21). The third kappa shape index (κ3) is 5.74. The summed E-state index contributed by atoms with van der Waals surface area (Å²) in [5.74, 6) is 0.346. The number of benzene rings is 1. The topological polar surface area (TPSA) is 84.9 Å². The van der Waals surface area contributed by atoms with Gasteiger partial charge in [0.25, 0.3) is 0 Å². The normalized spacial score (nSPS) is 22.9. The zero-order chi connectivity index (χ0) is 18.3. The molecule has 0 saturated heterocycles. The number of rotatable bonds is 7. The lowest BCUT2D eigenvalue weighted by atomic mass is 9.79. The van der Waals surface area contributed by atoms with Crippen molar-refractivity contribution < 1.29 is 24.2 Å². The van der Waals surface area contributed by atoms with Crippen LogP contribution in [0.4, 0.5) is 0 Å². The molecule has 6 nitrogen and oxygen atoms in total. The van der Waals surface area contributed by atoms with E-state index in [4.69, 9.17) is 9.47 Å². The molecule has 2 N–H and O–H groups in total. The van der Waals surface area contributed by atoms with Crippen LogP contribution in [0.2, 0.25) is 0 Å². The second-order valence-electron chi connectivity index (χ2n) is 6.65. The van der Waals surface area contributed by atoms with E-state index in [1.54, 1.807) is 7.11 Å². The Kier molecular flexibility index (Phi) is 6.82. The minimum Gasteiger partial charge on any atom is -0.497 e. The first kappa shape index (κ1) is 19.2. The number of carbonyl (C=O) groups excluding carboxylic acids is 2. The van der Waals surface area contributed by atoms with Crippen molar-refractivity contribution in [3.05, 3.63) is 29.8 Å². The van der Waals surface area contributed by atoms with Gasteiger partial charge in [-0.15, -0.1) is 0 Å². The average molecular weight is 349 g/mol. The van der Waals surface area contributed by atoms with Crippen LogP contribution in [0.5, 0.6) is 5.75 Å². The maximum atomic E-state index is 12.0. The van der Waals surface area contributed by atoms with Crippen LogP contribution in [-0.2, 0) is 20.7 Å². The summed E-state index contributed by atoms with van der Waals surface area (Å²) in [7, 11) is 3.00. The number of hydrogen-bond donors (Lipinski definition) is 2. The number of amides is 1. The summed E-state index contributed by atoms with van der Waals surface area (Å²) in [6.45, 7) is 0.225. The Morgan fingerprint density at radius 1 is 1.20 bits per heavy atom. The molecule has 0 atom stereocenters. The van der Waals surface area contributed by atoms with E-state index in [0.717, 1.165) is 11.3 Å². The zero-order valence-electron chi connectivity index (χ0n) is 14.9. The van der Waals surface area contributed by atoms with Crippen LogP contribution in [0.3, 0.4) is 0 Å². The third-order valence-electron chi connectivity index (χ3n) is 4.87. The van der Waals surface area contributed by atoms with E-state index in [0.29, 0.717) is 38.5 Å². The van der Waals surface area contributed by atoms with Gasteiger partial charge in [0.15, 0.2) is 0 Å². The van der Waals surface area contributed by atoms with E-state index in [1.165, 1.54) is 7.11 Å². The van der Waals surface area contributed by atoms with Gasteiger partial charge in [-0.25, -0.2) is 0 Å². The fraction of sp³-hybridized carbons (Fsp3) is 0.579. The molecule has 138 valence electrons. The van der Waals surface area contributed by atoms with Gasteiger partial charge in [0, 0.05) is 13.0 Å². The van der Waals surface area contributed by atoms with E-state index in [9.17, 15) is 14.7 Å². The van der Waals surface area contributed by atoms with Crippen molar-refractivity contribution in [2.24, 2.45) is 5.92 Å². The zero-order valence-corrected chi connectivity index (χ0v) is 14.9. The third-order valence-corrected chi connectivity index (χ3v) is 4.87. The summed E-state index contributed by atoms with van der Waals surface area (Å²) in [5, 5.41) is 13.4. The molecule has 1 aromatic carbocycles. The van der Waals surface area contributed by atoms with Gasteiger partial charge >= 0.3 is 5.97 Å². The molecule has 1 aromatic rings. The van der Waals surface area contributed by atoms with Gasteiger partial charge in [-0.05, 0) is 49.8 Å². The minimum atomic E-state index is -0.930. The Morgan fingerprint density at radius 3 is 2.40 bits per heavy atom. The first-order valence-corrected chi connectivity index (χ1v) is 8.65. The van der Waals surface area contributed by atoms with Crippen molar-refractivity contribution in [1.29, 1.82) is 0 Å². The molecule has 0 aromatic heterocycles. The predicted octanol–water partition coefficient (Wildman–Crippen LogP) is 1.84. The smallest absolute Gasteiger partial charge is 0.308 e. The van der Waals surface area contributed by atoms with E-state index in [-0.39, 0.29) is 24.3 Å². The highest BCUT2D eigenvalue weighted by Crippen LogP contribution is 2.32. The molecule has 0 heterocycles. The minimum absolute atomic E-state index is 0.0839. The van der Waals surface area contributed by atoms with Crippen molar-refractivity contribution in [2.75, 3.05) is 20.8 Å². The molecule has 1 aliphatic rings. The van der Waals surface area contributed by atoms with Crippen LogP contribution in [0.25, 0.3) is 0 Å². The van der Waals surface area contributed by atoms with Crippen molar-refractivity contribution in [3.8, 4) is 5.75 Å². The number of esters is 1. The lowest BCUT2D eigenvalue weighted by molar-refractivity contribution is -0.148. The van der Waals surface area contributed by atoms with E-state index >= 15 is 0 Å². The second-order valence-corrected chi connectivity index (χ2v) is 6.65. The van der Waals surface area contributed by atoms with Crippen LogP contribution in [0, 0.1) is 5.92 Å². The molecular weight excluding hydrogens is 322 g/mol. The van der Waals surface area contributed by atoms with Crippen molar-refractivity contribution in [1.82, 2.24) is 5.32 Å². The Hall–Kier alpha value is -2.08. The van der Waals surface area contributed by atoms with Gasteiger partial charge in [-0.2, -0.15) is 0 Å². The molecular formula is C19H27NO5. The van der Waals surface area contributed by atoms with Crippen molar-refractivity contribution >= 4 is 11.9 Å². The lowest BCUT2D eigenvalue weighted by Crippen LogP contribution is -2.46. The maximum Gasteiger partial charge on any atom is 0.308 e. The number of ether oxygens (including phenoxy) is 2. The number of nitrogens with one attached hydrogen (secondary N) is 1. The van der Waals surface area contributed by atoms with Gasteiger partial charge < -0.3 is 19.9 Å². The quantitative estimate of drug-likeness (QED) is 0.734. The predicted molar refractivity (Wildman–Crippen MR) is 93.2 cm³/mol. The van der Waals surface area contributed by atoms with Gasteiger partial charge in [0.1, 0.15) is 5.75 Å². The summed E-state index contributed by atoms with van der Waals surface area (Å²) < 4.78 is 9.85. The average Bonchev–Trinajstić information content (AvgIpc) is 2.65. The number of carbonyl (C=O) groups is 2. The molecule has 6 heteroatoms. The fourth-order valence-electron chi connectivity index (χ4n) is 3.14. The number of aryl methyl sites for hydroxylation is 1. The summed E-state index contributed by atoms with van der Waals surface area (Å²) in [4.78, 5) is 23.5. The number of hydrogen-bond acceptors (Lipinski definition) is 5. The molecule has 1 fully saturated rings. The van der Waals surface area contributed by atoms with Crippen molar-refractivity contribution in [2.45, 2.75) is 44.1 Å². The van der Waals surface area contributed by atoms with E-state index in [2.05, 4.69) is 5.32 Å². The van der Waals surface area contributed by atoms with Gasteiger partial charge in [0.05, 0.1) is 25.7 Å². The van der Waals surface area contributed by atoms with Crippen LogP contribution in [0.1, 0.15) is 37.7 Å². The van der Waals surface area contributed by atoms with Crippen LogP contribution >= 0.6 is 0 Å². The molecule has 1 amide bonds. The Morgan fingerprint density at radius 2 is 1.84 bits per heavy atom. The Balaban J connectivity index is 1.71. The van der Waals surface area contributed by atoms with Gasteiger partial charge in [-0.1, -0.05) is 12.1 Å². The van der Waals surface area contributed by atoms with Crippen molar-refractivity contribution in [3.63, 3.8) is 0 Å². The highest BCUT2D eigenvalue weighted by atomic mass is 16.5. The maximum absolute atomic E-state index is 12.0. The SMILES string of the molecule is COC(=O)C1CCC(O)(CNC(=O)CCc2ccc(OC)cc2)CC1. The highest BCUT2D eigenvalue weighted by Gasteiger charge is 2.36. The molecule has 1 aliphatic carbocycles. The van der Waals surface area contributed by atoms with Gasteiger partial charge in [-0.3, -0.25) is 9.59 Å². The largest absolute Gasteiger partial charge is 0.497 e. The summed E-state index contributed by atoms with van der Waals surface area (Å²) in [5.41, 5.74) is 0.133. The fourth-order valence-corrected chi connectivity index (χ4v) is 3.14. The first-order chi connectivity index (χ1) is 12.0. The molecule has 25 heavy (non-hydrogen) atoms. The first-order valence-electron chi connectivity index (χ1n) is 8.65. The van der Waals surface area contributed by atoms with E-state index < -0.39 is 5.60 Å². The molecule has 2 rings (SSSR count). The highest BCUT2D eigenvalue weighted by molar-refractivity contribution is 5.76. The molecule has 0 bridgehead atoms. The molecule has 1 saturated carbocycles. The van der Waals surface area contributed by atoms with Crippen LogP contribution in [0.15, 0.2) is 24.3 Å². The Bertz CT molecular complexity index is 576. The summed E-state index contributed by atoms with van der Waals surface area (Å²) >= 11 is 0. The lowest BCUT2D eigenvalue weighted by Gasteiger charge is -2.35. The van der Waals surface area contributed by atoms with Gasteiger partial charge in [0.2, 0.25) is 5.91 Å². The van der Waals surface area contributed by atoms with Crippen LogP contribution in [-0.4, -0.2) is 43.3 Å². The molecule has 0 unspecified atom stereocenters. The molecule has 0 aliphatic heterocycles.